The maximum atomic E-state index is 13.5. The van der Waals surface area contributed by atoms with Gasteiger partial charge in [0.25, 0.3) is 5.88 Å². The lowest BCUT2D eigenvalue weighted by molar-refractivity contribution is 0.277. The van der Waals surface area contributed by atoms with Crippen LogP contribution >= 0.6 is 0 Å². The first-order valence-electron chi connectivity index (χ1n) is 5.35. The molecule has 0 aliphatic heterocycles. The van der Waals surface area contributed by atoms with E-state index in [0.717, 1.165) is 17.8 Å². The third-order valence-corrected chi connectivity index (χ3v) is 2.35. The fourth-order valence-corrected chi connectivity index (χ4v) is 1.41. The number of rotatable bonds is 4. The van der Waals surface area contributed by atoms with Gasteiger partial charge in [0.05, 0.1) is 0 Å². The van der Waals surface area contributed by atoms with Crippen LogP contribution in [0.1, 0.15) is 5.56 Å². The van der Waals surface area contributed by atoms with Gasteiger partial charge in [-0.05, 0) is 11.6 Å². The summed E-state index contributed by atoms with van der Waals surface area (Å²) in [5.41, 5.74) is 0.879. The molecule has 1 aromatic heterocycles. The number of hydrogen-bond donors (Lipinski definition) is 2. The van der Waals surface area contributed by atoms with E-state index < -0.39 is 12.9 Å². The highest BCUT2D eigenvalue weighted by molar-refractivity contribution is 6.58. The van der Waals surface area contributed by atoms with Crippen molar-refractivity contribution in [1.82, 2.24) is 4.98 Å². The van der Waals surface area contributed by atoms with Crippen LogP contribution in [0, 0.1) is 5.82 Å². The quantitative estimate of drug-likeness (QED) is 0.771. The van der Waals surface area contributed by atoms with Crippen LogP contribution in [0.2, 0.25) is 0 Å². The first-order chi connectivity index (χ1) is 8.66. The summed E-state index contributed by atoms with van der Waals surface area (Å²) in [6, 6.07) is 10.3. The fourth-order valence-electron chi connectivity index (χ4n) is 1.41. The van der Waals surface area contributed by atoms with Crippen LogP contribution in [-0.2, 0) is 6.61 Å². The second-order valence-corrected chi connectivity index (χ2v) is 3.70. The lowest BCUT2D eigenvalue weighted by atomic mass is 9.82. The monoisotopic (exact) mass is 247 g/mol. The highest BCUT2D eigenvalue weighted by atomic mass is 19.1. The van der Waals surface area contributed by atoms with Crippen LogP contribution in [0.3, 0.4) is 0 Å². The molecule has 0 atom stereocenters. The Bertz CT molecular complexity index is 522. The first-order valence-corrected chi connectivity index (χ1v) is 5.35. The standard InChI is InChI=1S/C12H11BFNO3/c14-11-6-10(13(16)17)7-15-12(11)18-8-9-4-2-1-3-5-9/h1-7,16-17H,8H2. The van der Waals surface area contributed by atoms with E-state index in [-0.39, 0.29) is 17.9 Å². The largest absolute Gasteiger partial charge is 0.490 e. The summed E-state index contributed by atoms with van der Waals surface area (Å²) in [6.45, 7) is 0.200. The topological polar surface area (TPSA) is 62.6 Å². The van der Waals surface area contributed by atoms with E-state index >= 15 is 0 Å². The Labute approximate surface area is 104 Å². The Morgan fingerprint density at radius 2 is 1.94 bits per heavy atom. The zero-order valence-corrected chi connectivity index (χ0v) is 9.45. The molecule has 0 aliphatic carbocycles. The third kappa shape index (κ3) is 3.06. The second kappa shape index (κ2) is 5.62. The minimum atomic E-state index is -1.74. The molecule has 0 saturated heterocycles. The first kappa shape index (κ1) is 12.5. The molecule has 18 heavy (non-hydrogen) atoms. The van der Waals surface area contributed by atoms with E-state index in [1.54, 1.807) is 0 Å². The average molecular weight is 247 g/mol. The Balaban J connectivity index is 2.06. The molecule has 0 unspecified atom stereocenters. The molecular weight excluding hydrogens is 236 g/mol. The van der Waals surface area contributed by atoms with Gasteiger partial charge in [-0.15, -0.1) is 0 Å². The molecule has 0 spiro atoms. The van der Waals surface area contributed by atoms with Crippen molar-refractivity contribution < 1.29 is 19.2 Å². The van der Waals surface area contributed by atoms with Crippen molar-refractivity contribution in [2.75, 3.05) is 0 Å². The van der Waals surface area contributed by atoms with Gasteiger partial charge in [-0.3, -0.25) is 0 Å². The second-order valence-electron chi connectivity index (χ2n) is 3.70. The predicted molar refractivity (Wildman–Crippen MR) is 64.8 cm³/mol. The van der Waals surface area contributed by atoms with Crippen molar-refractivity contribution >= 4 is 12.6 Å². The molecule has 4 nitrogen and oxygen atoms in total. The summed E-state index contributed by atoms with van der Waals surface area (Å²) >= 11 is 0. The molecule has 0 fully saturated rings. The van der Waals surface area contributed by atoms with Crippen LogP contribution in [0.5, 0.6) is 5.88 Å². The van der Waals surface area contributed by atoms with E-state index in [1.165, 1.54) is 0 Å². The van der Waals surface area contributed by atoms with Gasteiger partial charge >= 0.3 is 7.12 Å². The van der Waals surface area contributed by atoms with Crippen molar-refractivity contribution in [3.8, 4) is 5.88 Å². The van der Waals surface area contributed by atoms with Crippen molar-refractivity contribution in [2.24, 2.45) is 0 Å². The Morgan fingerprint density at radius 3 is 2.56 bits per heavy atom. The van der Waals surface area contributed by atoms with Gasteiger partial charge in [-0.25, -0.2) is 9.37 Å². The van der Waals surface area contributed by atoms with Crippen molar-refractivity contribution in [2.45, 2.75) is 6.61 Å². The normalized spacial score (nSPS) is 10.2. The Morgan fingerprint density at radius 1 is 1.22 bits per heavy atom. The van der Waals surface area contributed by atoms with E-state index in [0.29, 0.717) is 0 Å². The lowest BCUT2D eigenvalue weighted by Crippen LogP contribution is -2.30. The van der Waals surface area contributed by atoms with Gasteiger partial charge in [0, 0.05) is 11.7 Å². The van der Waals surface area contributed by atoms with Gasteiger partial charge < -0.3 is 14.8 Å². The highest BCUT2D eigenvalue weighted by Gasteiger charge is 2.15. The maximum Gasteiger partial charge on any atom is 0.490 e. The zero-order valence-electron chi connectivity index (χ0n) is 9.45. The van der Waals surface area contributed by atoms with Crippen molar-refractivity contribution in [3.63, 3.8) is 0 Å². The van der Waals surface area contributed by atoms with Gasteiger partial charge in [0.1, 0.15) is 6.61 Å². The zero-order chi connectivity index (χ0) is 13.0. The maximum absolute atomic E-state index is 13.5. The number of pyridine rings is 1. The summed E-state index contributed by atoms with van der Waals surface area (Å²) in [6.07, 6.45) is 1.16. The number of halogens is 1. The highest BCUT2D eigenvalue weighted by Crippen LogP contribution is 2.13. The summed E-state index contributed by atoms with van der Waals surface area (Å²) in [5.74, 6) is -0.889. The van der Waals surface area contributed by atoms with Crippen LogP contribution in [-0.4, -0.2) is 22.2 Å². The molecule has 92 valence electrons. The molecular formula is C12H11BFNO3. The number of ether oxygens (including phenoxy) is 1. The number of nitrogens with zero attached hydrogens (tertiary/aromatic N) is 1. The lowest BCUT2D eigenvalue weighted by Gasteiger charge is -2.07. The predicted octanol–water partition coefficient (Wildman–Crippen LogP) is 0.479. The minimum Gasteiger partial charge on any atom is -0.471 e. The van der Waals surface area contributed by atoms with Crippen LogP contribution in [0.4, 0.5) is 4.39 Å². The number of hydrogen-bond acceptors (Lipinski definition) is 4. The van der Waals surface area contributed by atoms with E-state index in [9.17, 15) is 4.39 Å². The molecule has 6 heteroatoms. The fraction of sp³-hybridized carbons (Fsp3) is 0.0833. The molecule has 0 aliphatic rings. The average Bonchev–Trinajstić information content (AvgIpc) is 2.38. The molecule has 2 aromatic rings. The summed E-state index contributed by atoms with van der Waals surface area (Å²) < 4.78 is 18.7. The molecule has 2 N–H and O–H groups in total. The molecule has 0 amide bonds. The molecule has 2 rings (SSSR count). The molecule has 0 bridgehead atoms. The van der Waals surface area contributed by atoms with Crippen LogP contribution in [0.25, 0.3) is 0 Å². The summed E-state index contributed by atoms with van der Waals surface area (Å²) in [7, 11) is -1.74. The van der Waals surface area contributed by atoms with Gasteiger partial charge in [0.15, 0.2) is 5.82 Å². The smallest absolute Gasteiger partial charge is 0.471 e. The molecule has 0 saturated carbocycles. The summed E-state index contributed by atoms with van der Waals surface area (Å²) in [5, 5.41) is 17.7. The molecule has 1 aromatic carbocycles. The minimum absolute atomic E-state index is 0.0143. The third-order valence-electron chi connectivity index (χ3n) is 2.35. The van der Waals surface area contributed by atoms with E-state index in [4.69, 9.17) is 14.8 Å². The SMILES string of the molecule is OB(O)c1cnc(OCc2ccccc2)c(F)c1. The van der Waals surface area contributed by atoms with E-state index in [1.807, 2.05) is 30.3 Å². The van der Waals surface area contributed by atoms with Gasteiger partial charge in [0.2, 0.25) is 0 Å². The Kier molecular flexibility index (Phi) is 3.91. The van der Waals surface area contributed by atoms with Crippen molar-refractivity contribution in [1.29, 1.82) is 0 Å². The molecule has 1 heterocycles. The molecule has 0 radical (unpaired) electrons. The summed E-state index contributed by atoms with van der Waals surface area (Å²) in [4.78, 5) is 3.70. The number of benzene rings is 1. The van der Waals surface area contributed by atoms with Gasteiger partial charge in [-0.2, -0.15) is 0 Å². The van der Waals surface area contributed by atoms with Crippen LogP contribution in [0.15, 0.2) is 42.6 Å². The van der Waals surface area contributed by atoms with Gasteiger partial charge in [-0.1, -0.05) is 30.3 Å². The van der Waals surface area contributed by atoms with E-state index in [2.05, 4.69) is 4.98 Å². The Hall–Kier alpha value is -1.92. The van der Waals surface area contributed by atoms with Crippen LogP contribution < -0.4 is 10.2 Å². The number of aromatic nitrogens is 1. The van der Waals surface area contributed by atoms with Crippen molar-refractivity contribution in [3.05, 3.63) is 54.0 Å².